The van der Waals surface area contributed by atoms with Gasteiger partial charge in [-0.1, -0.05) is 48.6 Å². The molecule has 0 amide bonds. The Bertz CT molecular complexity index is 3930. The number of anilines is 2. The van der Waals surface area contributed by atoms with Crippen LogP contribution in [0.3, 0.4) is 0 Å². The zero-order valence-electron chi connectivity index (χ0n) is 42.6. The van der Waals surface area contributed by atoms with Crippen molar-refractivity contribution in [2.75, 3.05) is 9.80 Å². The Labute approximate surface area is 518 Å². The monoisotopic (exact) mass is 1570 g/mol. The highest BCUT2D eigenvalue weighted by molar-refractivity contribution is 7.83. The van der Waals surface area contributed by atoms with Crippen LogP contribution in [0.5, 0.6) is 0 Å². The predicted molar refractivity (Wildman–Crippen MR) is 258 cm³/mol. The number of nitrogens with zero attached hydrogens (tertiary/aromatic N) is 2. The minimum Gasteiger partial charge on any atom is -0.726 e. The van der Waals surface area contributed by atoms with Gasteiger partial charge in [-0.25, -0.2) is 101 Å². The second-order valence-electron chi connectivity index (χ2n) is 17.5. The molecule has 4 aliphatic rings. The van der Waals surface area contributed by atoms with E-state index in [1.807, 2.05) is 0 Å². The molecule has 0 unspecified atom stereocenters. The van der Waals surface area contributed by atoms with E-state index in [0.717, 1.165) is 0 Å². The van der Waals surface area contributed by atoms with Crippen molar-refractivity contribution in [1.29, 1.82) is 0 Å². The van der Waals surface area contributed by atoms with Crippen LogP contribution in [0.4, 0.5) is 11.4 Å². The molecule has 0 aliphatic heterocycles. The minimum absolute atomic E-state index is 0.00757. The van der Waals surface area contributed by atoms with Crippen LogP contribution >= 0.6 is 0 Å². The van der Waals surface area contributed by atoms with Gasteiger partial charge in [0.2, 0.25) is 125 Å². The summed E-state index contributed by atoms with van der Waals surface area (Å²) in [5.41, 5.74) is -2.45. The van der Waals surface area contributed by atoms with Crippen molar-refractivity contribution in [1.82, 2.24) is 0 Å². The van der Waals surface area contributed by atoms with Crippen molar-refractivity contribution in [2.45, 2.75) is 97.4 Å². The smallest absolute Gasteiger partial charge is 0.218 e. The van der Waals surface area contributed by atoms with Crippen molar-refractivity contribution in [3.8, 4) is 0 Å². The first-order valence-electron chi connectivity index (χ1n) is 22.1. The van der Waals surface area contributed by atoms with E-state index >= 15 is 0 Å². The normalized spacial score (nSPS) is 30.0. The molecule has 16 atom stereocenters. The van der Waals surface area contributed by atoms with Crippen molar-refractivity contribution in [3.63, 3.8) is 0 Å². The van der Waals surface area contributed by atoms with Crippen molar-refractivity contribution in [3.05, 3.63) is 72.9 Å². The lowest BCUT2D eigenvalue weighted by molar-refractivity contribution is -0.0365. The van der Waals surface area contributed by atoms with Gasteiger partial charge in [-0.05, 0) is 24.3 Å². The van der Waals surface area contributed by atoms with E-state index in [2.05, 4.69) is 50.2 Å². The Hall–Kier alpha value is -3.78. The quantitative estimate of drug-likeness (QED) is 0.0392. The third-order valence-corrected chi connectivity index (χ3v) is 16.9. The summed E-state index contributed by atoms with van der Waals surface area (Å²) in [5.74, 6) is 0. The molecule has 0 fully saturated rings. The fraction of sp³-hybridized carbons (Fsp3) is 0.533. The first kappa shape index (κ1) is 78.9. The van der Waals surface area contributed by atoms with Gasteiger partial charge in [-0.3, -0.25) is 50.2 Å². The second-order valence-corrected chi connectivity index (χ2v) is 29.6. The maximum absolute atomic E-state index is 12.5. The Morgan fingerprint density at radius 1 is 0.207 bits per heavy atom. The topological polar surface area (TPSA) is 804 Å². The third-order valence-electron chi connectivity index (χ3n) is 11.4. The van der Waals surface area contributed by atoms with E-state index < -0.39 is 234 Å². The highest BCUT2D eigenvalue weighted by atomic mass is 32.3. The Morgan fingerprint density at radius 2 is 0.337 bits per heavy atom. The molecule has 0 bridgehead atoms. The average molecular weight is 1570 g/mol. The van der Waals surface area contributed by atoms with Gasteiger partial charge in [-0.15, -0.1) is 0 Å². The van der Waals surface area contributed by atoms with Gasteiger partial charge in [0.15, 0.2) is 0 Å². The van der Waals surface area contributed by atoms with Crippen LogP contribution in [-0.2, 0) is 175 Å². The Balaban J connectivity index is 2.05. The van der Waals surface area contributed by atoms with Gasteiger partial charge in [0.25, 0.3) is 0 Å². The molecule has 0 N–H and O–H groups in total. The number of rotatable bonds is 30. The van der Waals surface area contributed by atoms with Gasteiger partial charge >= 0.3 is 0 Å². The predicted octanol–water partition coefficient (Wildman–Crippen LogP) is -10.8. The van der Waals surface area contributed by atoms with Crippen LogP contribution in [0.2, 0.25) is 0 Å². The molecule has 530 valence electrons. The summed E-state index contributed by atoms with van der Waals surface area (Å²) in [7, 11) is -78.2. The summed E-state index contributed by atoms with van der Waals surface area (Å²) in [6, 6.07) is -10.9. The van der Waals surface area contributed by atoms with Crippen molar-refractivity contribution >= 4 is 136 Å². The molecule has 5 rings (SSSR count). The van der Waals surface area contributed by atoms with E-state index in [1.165, 1.54) is 0 Å². The molecule has 0 aromatic heterocycles. The average Bonchev–Trinajstić information content (AvgIpc) is 0.752. The molecular formula is C30H28N2O48S12-12. The molecule has 50 nitrogen and oxygen atoms in total. The fourth-order valence-corrected chi connectivity index (χ4v) is 14.8. The minimum atomic E-state index is -6.66. The van der Waals surface area contributed by atoms with Crippen LogP contribution in [0.25, 0.3) is 0 Å². The lowest BCUT2D eigenvalue weighted by Crippen LogP contribution is -2.64. The largest absolute Gasteiger partial charge is 0.726 e. The summed E-state index contributed by atoms with van der Waals surface area (Å²) in [4.78, 5) is 0.0151. The summed E-state index contributed by atoms with van der Waals surface area (Å²) in [5, 5.41) is 0. The molecule has 1 aromatic carbocycles. The molecular weight excluding hydrogens is 1540 g/mol. The van der Waals surface area contributed by atoms with E-state index in [4.69, 9.17) is 0 Å². The molecule has 0 saturated heterocycles. The molecule has 1 aromatic rings. The molecule has 4 aliphatic carbocycles. The summed E-state index contributed by atoms with van der Waals surface area (Å²) in [6.45, 7) is 0. The molecule has 92 heavy (non-hydrogen) atoms. The lowest BCUT2D eigenvalue weighted by atomic mass is 9.87. The zero-order valence-corrected chi connectivity index (χ0v) is 52.4. The number of hydrogen-bond acceptors (Lipinski definition) is 50. The van der Waals surface area contributed by atoms with Crippen LogP contribution in [0, 0.1) is 0 Å². The Morgan fingerprint density at radius 3 is 0.467 bits per heavy atom. The van der Waals surface area contributed by atoms with E-state index in [9.17, 15) is 156 Å². The van der Waals surface area contributed by atoms with E-state index in [-0.39, 0.29) is 82.7 Å². The van der Waals surface area contributed by atoms with Crippen LogP contribution in [0.1, 0.15) is 0 Å². The van der Waals surface area contributed by atoms with Crippen molar-refractivity contribution < 1.29 is 206 Å². The summed E-state index contributed by atoms with van der Waals surface area (Å²) >= 11 is 0. The maximum Gasteiger partial charge on any atom is 0.218 e. The highest BCUT2D eigenvalue weighted by Gasteiger charge is 2.54. The number of hydrogen-bond donors (Lipinski definition) is 0. The molecule has 0 saturated carbocycles. The second kappa shape index (κ2) is 28.0. The third kappa shape index (κ3) is 25.0. The van der Waals surface area contributed by atoms with Gasteiger partial charge in [0, 0.05) is 11.4 Å². The first-order chi connectivity index (χ1) is 41.0. The Kier molecular flexibility index (Phi) is 24.0. The SMILES string of the molecule is O=S(=O)([O-])O[C@H]1[C@H](OS(=O)(=O)[O-])[C@@H](N(c2ccc(N([C@H]3C=C[C@@H](OS(=O)(=O)[O-])[C@@H](OS(=O)(=O)[O-])[C@@H]3OS(=O)(=O)[O-])[C@H]3C=C[C@@H](OS(=O)(=O)[O-])[C@@H](OS(=O)(=O)[O-])[C@@H]3OS(=O)(=O)[O-])cc2)[C@H]2C=C[C@@H](OS(=O)(=O)[O-])[C@@H](OS(=O)(=O)[O-])[C@@H]2OS(=O)(=O)[O-])C=C[C@H]1OS(=O)(=O)[O-]. The summed E-state index contributed by atoms with van der Waals surface area (Å²) < 4.78 is 488. The van der Waals surface area contributed by atoms with Gasteiger partial charge in [0.05, 0.1) is 24.2 Å². The first-order valence-corrected chi connectivity index (χ1v) is 38.1. The van der Waals surface area contributed by atoms with Crippen LogP contribution in [0.15, 0.2) is 72.9 Å². The van der Waals surface area contributed by atoms with E-state index in [0.29, 0.717) is 0 Å². The fourth-order valence-electron chi connectivity index (χ4n) is 9.05. The van der Waals surface area contributed by atoms with Crippen LogP contribution < -0.4 is 9.80 Å². The molecule has 0 spiro atoms. The van der Waals surface area contributed by atoms with Gasteiger partial charge in [-0.2, -0.15) is 0 Å². The molecule has 62 heteroatoms. The standard InChI is InChI=1S/C30H40N2O48S12/c33-81(34,35)69-19-9-5-15(23(73-85(45,46)47)27(19)77-89(57,58)59)31(16-6-10-20(70-82(36,37)38)28(78-90(60,61)62)24(16)74-86(48,49)50)13-1-2-14(4-3-13)32(17-7-11-21(71-83(39,40)41)29(79-91(63,64)65)25(17)75-87(51,52)53)18-8-12-22(72-84(42,43)44)30(80-92(66,67)68)26(18)76-88(54,55)56/h1-12,15-30H,(H,33,34,35)(H,36,37,38)(H,39,40,41)(H,42,43,44)(H,45,46,47)(H,48,49,50)(H,51,52,53)(H,54,55,56)(H,57,58,59)(H,60,61,62)(H,63,64,65)(H,66,67,68)/p-12/t15-,16-,17-,18-,19+,20+,21+,22+,23+,24+,25+,26+,27+,28+,29+,30+/m0/s1. The number of benzene rings is 1. The molecule has 0 heterocycles. The van der Waals surface area contributed by atoms with Gasteiger partial charge in [0.1, 0.15) is 73.2 Å². The summed E-state index contributed by atoms with van der Waals surface area (Å²) in [6.07, 6.45) is -38.9. The molecule has 0 radical (unpaired) electrons. The lowest BCUT2D eigenvalue weighted by Gasteiger charge is -2.50. The zero-order chi connectivity index (χ0) is 70.5. The maximum atomic E-state index is 12.5. The van der Waals surface area contributed by atoms with E-state index in [1.54, 1.807) is 0 Å². The van der Waals surface area contributed by atoms with Crippen LogP contribution in [-0.4, -0.2) is 253 Å². The van der Waals surface area contributed by atoms with Crippen molar-refractivity contribution in [2.24, 2.45) is 0 Å². The highest BCUT2D eigenvalue weighted by Crippen LogP contribution is 2.42. The van der Waals surface area contributed by atoms with Gasteiger partial charge < -0.3 is 64.4 Å².